The lowest BCUT2D eigenvalue weighted by Crippen LogP contribution is -2.12. The lowest BCUT2D eigenvalue weighted by atomic mass is 10.2. The SMILES string of the molecule is COc1cc(CNCc2sccc2Br)cc(Br)c1O. The van der Waals surface area contributed by atoms with E-state index in [1.165, 1.54) is 4.88 Å². The molecule has 1 heterocycles. The van der Waals surface area contributed by atoms with Crippen molar-refractivity contribution in [3.63, 3.8) is 0 Å². The molecule has 1 aromatic heterocycles. The molecular formula is C13H13Br2NO2S. The summed E-state index contributed by atoms with van der Waals surface area (Å²) in [7, 11) is 1.54. The van der Waals surface area contributed by atoms with Gasteiger partial charge in [-0.2, -0.15) is 0 Å². The Balaban J connectivity index is 2.00. The lowest BCUT2D eigenvalue weighted by Gasteiger charge is -2.09. The first-order valence-electron chi connectivity index (χ1n) is 5.59. The molecule has 0 aliphatic rings. The monoisotopic (exact) mass is 405 g/mol. The minimum absolute atomic E-state index is 0.132. The largest absolute Gasteiger partial charge is 0.503 e. The van der Waals surface area contributed by atoms with Crippen molar-refractivity contribution < 1.29 is 9.84 Å². The highest BCUT2D eigenvalue weighted by atomic mass is 79.9. The molecule has 0 aliphatic heterocycles. The fourth-order valence-electron chi connectivity index (χ4n) is 1.66. The van der Waals surface area contributed by atoms with Crippen LogP contribution in [0.5, 0.6) is 11.5 Å². The van der Waals surface area contributed by atoms with E-state index >= 15 is 0 Å². The van der Waals surface area contributed by atoms with Crippen LogP contribution in [0.3, 0.4) is 0 Å². The predicted octanol–water partition coefficient (Wildman–Crippen LogP) is 4.28. The number of thiophene rings is 1. The fraction of sp³-hybridized carbons (Fsp3) is 0.231. The minimum atomic E-state index is 0.132. The number of phenols is 1. The molecule has 3 nitrogen and oxygen atoms in total. The van der Waals surface area contributed by atoms with Gasteiger partial charge >= 0.3 is 0 Å². The number of ether oxygens (including phenoxy) is 1. The molecule has 0 atom stereocenters. The minimum Gasteiger partial charge on any atom is -0.503 e. The van der Waals surface area contributed by atoms with Crippen LogP contribution in [0.4, 0.5) is 0 Å². The molecule has 2 rings (SSSR count). The Labute approximate surface area is 132 Å². The summed E-state index contributed by atoms with van der Waals surface area (Å²) in [4.78, 5) is 1.27. The standard InChI is InChI=1S/C13H13Br2NO2S/c1-18-11-5-8(4-10(15)13(11)17)6-16-7-12-9(14)2-3-19-12/h2-5,16-17H,6-7H2,1H3. The quantitative estimate of drug-likeness (QED) is 0.778. The molecule has 102 valence electrons. The number of hydrogen-bond donors (Lipinski definition) is 2. The third-order valence-electron chi connectivity index (χ3n) is 2.61. The molecule has 2 aromatic rings. The molecule has 0 saturated heterocycles. The van der Waals surface area contributed by atoms with Crippen LogP contribution in [0.2, 0.25) is 0 Å². The zero-order valence-electron chi connectivity index (χ0n) is 10.2. The summed E-state index contributed by atoms with van der Waals surface area (Å²) in [6.45, 7) is 1.51. The number of benzene rings is 1. The van der Waals surface area contributed by atoms with Crippen LogP contribution in [0.25, 0.3) is 0 Å². The van der Waals surface area contributed by atoms with Gasteiger partial charge in [-0.1, -0.05) is 0 Å². The Morgan fingerprint density at radius 3 is 2.68 bits per heavy atom. The Morgan fingerprint density at radius 1 is 1.26 bits per heavy atom. The molecule has 0 saturated carbocycles. The Hall–Kier alpha value is -0.560. The van der Waals surface area contributed by atoms with Gasteiger partial charge in [0.2, 0.25) is 0 Å². The summed E-state index contributed by atoms with van der Waals surface area (Å²) < 4.78 is 6.90. The molecule has 0 amide bonds. The number of halogens is 2. The molecule has 0 unspecified atom stereocenters. The third kappa shape index (κ3) is 3.72. The van der Waals surface area contributed by atoms with Gasteiger partial charge < -0.3 is 15.2 Å². The average molecular weight is 407 g/mol. The second-order valence-corrected chi connectivity index (χ2v) is 6.63. The molecule has 0 bridgehead atoms. The third-order valence-corrected chi connectivity index (χ3v) is 5.14. The van der Waals surface area contributed by atoms with Crippen molar-refractivity contribution in [2.75, 3.05) is 7.11 Å². The molecule has 0 fully saturated rings. The van der Waals surface area contributed by atoms with Gasteiger partial charge in [0.1, 0.15) is 0 Å². The Bertz CT molecular complexity index is 572. The zero-order valence-corrected chi connectivity index (χ0v) is 14.2. The summed E-state index contributed by atoms with van der Waals surface area (Å²) in [5.41, 5.74) is 1.05. The molecule has 0 spiro atoms. The summed E-state index contributed by atoms with van der Waals surface area (Å²) >= 11 is 8.54. The van der Waals surface area contributed by atoms with Crippen LogP contribution in [-0.2, 0) is 13.1 Å². The van der Waals surface area contributed by atoms with E-state index in [9.17, 15) is 5.11 Å². The highest BCUT2D eigenvalue weighted by molar-refractivity contribution is 9.10. The maximum absolute atomic E-state index is 9.74. The van der Waals surface area contributed by atoms with Crippen molar-refractivity contribution in [1.29, 1.82) is 0 Å². The van der Waals surface area contributed by atoms with Crippen molar-refractivity contribution >= 4 is 43.2 Å². The van der Waals surface area contributed by atoms with E-state index < -0.39 is 0 Å². The summed E-state index contributed by atoms with van der Waals surface area (Å²) in [6, 6.07) is 5.76. The second-order valence-electron chi connectivity index (χ2n) is 3.92. The number of phenolic OH excluding ortho intramolecular Hbond substituents is 1. The van der Waals surface area contributed by atoms with Gasteiger partial charge in [-0.15, -0.1) is 11.3 Å². The van der Waals surface area contributed by atoms with E-state index in [2.05, 4.69) is 42.6 Å². The van der Waals surface area contributed by atoms with Crippen LogP contribution in [0, 0.1) is 0 Å². The second kappa shape index (κ2) is 6.74. The van der Waals surface area contributed by atoms with Crippen molar-refractivity contribution in [2.24, 2.45) is 0 Å². The first kappa shape index (κ1) is 14.8. The van der Waals surface area contributed by atoms with E-state index in [1.54, 1.807) is 18.4 Å². The molecule has 0 radical (unpaired) electrons. The Morgan fingerprint density at radius 2 is 2.05 bits per heavy atom. The van der Waals surface area contributed by atoms with Gasteiger partial charge in [0.25, 0.3) is 0 Å². The van der Waals surface area contributed by atoms with Gasteiger partial charge in [0, 0.05) is 22.4 Å². The van der Waals surface area contributed by atoms with E-state index in [0.29, 0.717) is 16.8 Å². The van der Waals surface area contributed by atoms with E-state index in [4.69, 9.17) is 4.74 Å². The molecule has 6 heteroatoms. The van der Waals surface area contributed by atoms with Crippen LogP contribution in [0.15, 0.2) is 32.5 Å². The molecule has 2 N–H and O–H groups in total. The van der Waals surface area contributed by atoms with Gasteiger partial charge in [0.15, 0.2) is 11.5 Å². The summed E-state index contributed by atoms with van der Waals surface area (Å²) in [5, 5.41) is 15.2. The number of aromatic hydroxyl groups is 1. The van der Waals surface area contributed by atoms with Crippen molar-refractivity contribution in [3.8, 4) is 11.5 Å². The van der Waals surface area contributed by atoms with Gasteiger partial charge in [-0.25, -0.2) is 0 Å². The van der Waals surface area contributed by atoms with Crippen molar-refractivity contribution in [2.45, 2.75) is 13.1 Å². The predicted molar refractivity (Wildman–Crippen MR) is 84.9 cm³/mol. The molecule has 1 aromatic carbocycles. The zero-order chi connectivity index (χ0) is 13.8. The number of rotatable bonds is 5. The van der Waals surface area contributed by atoms with Crippen molar-refractivity contribution in [3.05, 3.63) is 43.0 Å². The van der Waals surface area contributed by atoms with Crippen LogP contribution < -0.4 is 10.1 Å². The van der Waals surface area contributed by atoms with Crippen molar-refractivity contribution in [1.82, 2.24) is 5.32 Å². The number of hydrogen-bond acceptors (Lipinski definition) is 4. The van der Waals surface area contributed by atoms with Crippen LogP contribution >= 0.6 is 43.2 Å². The average Bonchev–Trinajstić information content (AvgIpc) is 2.79. The number of methoxy groups -OCH3 is 1. The fourth-order valence-corrected chi connectivity index (χ4v) is 3.61. The topological polar surface area (TPSA) is 41.5 Å². The highest BCUT2D eigenvalue weighted by Crippen LogP contribution is 2.35. The highest BCUT2D eigenvalue weighted by Gasteiger charge is 2.08. The van der Waals surface area contributed by atoms with E-state index in [0.717, 1.165) is 16.6 Å². The molecule has 0 aliphatic carbocycles. The number of nitrogens with one attached hydrogen (secondary N) is 1. The maximum atomic E-state index is 9.74. The van der Waals surface area contributed by atoms with Crippen LogP contribution in [-0.4, -0.2) is 12.2 Å². The smallest absolute Gasteiger partial charge is 0.172 e. The lowest BCUT2D eigenvalue weighted by molar-refractivity contribution is 0.371. The summed E-state index contributed by atoms with van der Waals surface area (Å²) in [5.74, 6) is 0.607. The van der Waals surface area contributed by atoms with Crippen LogP contribution in [0.1, 0.15) is 10.4 Å². The van der Waals surface area contributed by atoms with Gasteiger partial charge in [-0.3, -0.25) is 0 Å². The first-order valence-corrected chi connectivity index (χ1v) is 8.06. The normalized spacial score (nSPS) is 10.7. The maximum Gasteiger partial charge on any atom is 0.172 e. The Kier molecular flexibility index (Phi) is 5.27. The molecule has 19 heavy (non-hydrogen) atoms. The van der Waals surface area contributed by atoms with E-state index in [1.807, 2.05) is 18.2 Å². The summed E-state index contributed by atoms with van der Waals surface area (Å²) in [6.07, 6.45) is 0. The first-order chi connectivity index (χ1) is 9.11. The van der Waals surface area contributed by atoms with Gasteiger partial charge in [0.05, 0.1) is 11.6 Å². The van der Waals surface area contributed by atoms with Gasteiger partial charge in [-0.05, 0) is 61.0 Å². The van der Waals surface area contributed by atoms with E-state index in [-0.39, 0.29) is 5.75 Å². The molecular weight excluding hydrogens is 394 g/mol.